The second kappa shape index (κ2) is 2.16. The van der Waals surface area contributed by atoms with Gasteiger partial charge in [0.1, 0.15) is 5.65 Å². The summed E-state index contributed by atoms with van der Waals surface area (Å²) >= 11 is 0. The van der Waals surface area contributed by atoms with E-state index in [1.165, 1.54) is 22.2 Å². The standard InChI is InChI=1S/C11H10N2/c1-8-7-13-10-5-3-2-4-9(10)6-11(13)12-8/h2-7,12H,1H3. The topological polar surface area (TPSA) is 20.2 Å². The van der Waals surface area contributed by atoms with Crippen molar-refractivity contribution in [3.63, 3.8) is 0 Å². The average molecular weight is 170 g/mol. The van der Waals surface area contributed by atoms with Crippen LogP contribution in [0.5, 0.6) is 0 Å². The Kier molecular flexibility index (Phi) is 1.13. The van der Waals surface area contributed by atoms with E-state index >= 15 is 0 Å². The number of nitrogens with one attached hydrogen (secondary N) is 1. The van der Waals surface area contributed by atoms with Crippen molar-refractivity contribution in [2.24, 2.45) is 0 Å². The predicted molar refractivity (Wildman–Crippen MR) is 54.0 cm³/mol. The second-order valence-electron chi connectivity index (χ2n) is 3.40. The second-order valence-corrected chi connectivity index (χ2v) is 3.40. The lowest BCUT2D eigenvalue weighted by molar-refractivity contribution is 1.28. The highest BCUT2D eigenvalue weighted by Gasteiger charge is 2.02. The van der Waals surface area contributed by atoms with Gasteiger partial charge in [-0.05, 0) is 19.1 Å². The molecule has 3 rings (SSSR count). The molecule has 3 aromatic rings. The van der Waals surface area contributed by atoms with Gasteiger partial charge in [-0.2, -0.15) is 0 Å². The molecule has 0 fully saturated rings. The quantitative estimate of drug-likeness (QED) is 0.535. The van der Waals surface area contributed by atoms with Gasteiger partial charge < -0.3 is 9.38 Å². The SMILES string of the molecule is Cc1cn2c(cc3ccccc32)[nH]1. The number of fused-ring (bicyclic) bond motifs is 3. The molecule has 1 aromatic carbocycles. The zero-order valence-electron chi connectivity index (χ0n) is 7.41. The smallest absolute Gasteiger partial charge is 0.115 e. The third kappa shape index (κ3) is 0.827. The Morgan fingerprint density at radius 1 is 1.23 bits per heavy atom. The maximum Gasteiger partial charge on any atom is 0.115 e. The van der Waals surface area contributed by atoms with Gasteiger partial charge in [-0.3, -0.25) is 0 Å². The fourth-order valence-corrected chi connectivity index (χ4v) is 1.84. The van der Waals surface area contributed by atoms with Crippen molar-refractivity contribution < 1.29 is 0 Å². The molecule has 2 nitrogen and oxygen atoms in total. The van der Waals surface area contributed by atoms with Gasteiger partial charge in [0.05, 0.1) is 5.52 Å². The highest BCUT2D eigenvalue weighted by molar-refractivity contribution is 5.86. The van der Waals surface area contributed by atoms with Crippen LogP contribution in [0.2, 0.25) is 0 Å². The van der Waals surface area contributed by atoms with Gasteiger partial charge in [-0.1, -0.05) is 18.2 Å². The zero-order valence-corrected chi connectivity index (χ0v) is 7.41. The van der Waals surface area contributed by atoms with E-state index in [1.54, 1.807) is 0 Å². The fraction of sp³-hybridized carbons (Fsp3) is 0.0909. The minimum atomic E-state index is 1.17. The number of aromatic amines is 1. The van der Waals surface area contributed by atoms with Crippen molar-refractivity contribution in [1.82, 2.24) is 9.38 Å². The van der Waals surface area contributed by atoms with Crippen LogP contribution >= 0.6 is 0 Å². The number of aryl methyl sites for hydroxylation is 1. The Morgan fingerprint density at radius 3 is 3.00 bits per heavy atom. The van der Waals surface area contributed by atoms with Crippen molar-refractivity contribution in [2.75, 3.05) is 0 Å². The Labute approximate surface area is 75.8 Å². The van der Waals surface area contributed by atoms with E-state index in [0.717, 1.165) is 0 Å². The summed E-state index contributed by atoms with van der Waals surface area (Å²) in [5.74, 6) is 0. The van der Waals surface area contributed by atoms with E-state index in [2.05, 4.69) is 52.8 Å². The predicted octanol–water partition coefficient (Wildman–Crippen LogP) is 2.73. The lowest BCUT2D eigenvalue weighted by atomic mass is 10.2. The monoisotopic (exact) mass is 170 g/mol. The van der Waals surface area contributed by atoms with E-state index in [4.69, 9.17) is 0 Å². The number of H-pyrrole nitrogens is 1. The summed E-state index contributed by atoms with van der Waals surface area (Å²) in [6.07, 6.45) is 2.12. The molecule has 0 unspecified atom stereocenters. The van der Waals surface area contributed by atoms with E-state index in [9.17, 15) is 0 Å². The Balaban J connectivity index is 2.60. The number of hydrogen-bond acceptors (Lipinski definition) is 0. The first kappa shape index (κ1) is 6.78. The van der Waals surface area contributed by atoms with Gasteiger partial charge in [0.25, 0.3) is 0 Å². The third-order valence-electron chi connectivity index (χ3n) is 2.40. The summed E-state index contributed by atoms with van der Waals surface area (Å²) < 4.78 is 2.19. The fourth-order valence-electron chi connectivity index (χ4n) is 1.84. The lowest BCUT2D eigenvalue weighted by Gasteiger charge is -1.88. The zero-order chi connectivity index (χ0) is 8.84. The first-order valence-electron chi connectivity index (χ1n) is 4.40. The average Bonchev–Trinajstić information content (AvgIpc) is 2.60. The highest BCUT2D eigenvalue weighted by Crippen LogP contribution is 2.19. The number of para-hydroxylation sites is 1. The number of imidazole rings is 1. The summed E-state index contributed by atoms with van der Waals surface area (Å²) in [4.78, 5) is 3.31. The van der Waals surface area contributed by atoms with Crippen LogP contribution < -0.4 is 0 Å². The van der Waals surface area contributed by atoms with Crippen LogP contribution in [0.15, 0.2) is 36.5 Å². The van der Waals surface area contributed by atoms with Crippen LogP contribution in [0.25, 0.3) is 16.6 Å². The molecule has 0 saturated heterocycles. The molecule has 0 saturated carbocycles. The number of benzene rings is 1. The van der Waals surface area contributed by atoms with Gasteiger partial charge in [0, 0.05) is 17.3 Å². The summed E-state index contributed by atoms with van der Waals surface area (Å²) in [5, 5.41) is 1.29. The normalized spacial score (nSPS) is 11.5. The van der Waals surface area contributed by atoms with Crippen LogP contribution in [0.3, 0.4) is 0 Å². The third-order valence-corrected chi connectivity index (χ3v) is 2.40. The molecule has 64 valence electrons. The Bertz CT molecular complexity index is 572. The summed E-state index contributed by atoms with van der Waals surface area (Å²) in [6.45, 7) is 2.07. The molecule has 13 heavy (non-hydrogen) atoms. The van der Waals surface area contributed by atoms with E-state index in [0.29, 0.717) is 0 Å². The molecule has 0 aliphatic rings. The summed E-state index contributed by atoms with van der Waals surface area (Å²) in [7, 11) is 0. The Morgan fingerprint density at radius 2 is 2.08 bits per heavy atom. The molecule has 2 heteroatoms. The molecule has 0 aliphatic carbocycles. The van der Waals surface area contributed by atoms with Crippen LogP contribution in [0, 0.1) is 6.92 Å². The Hall–Kier alpha value is -1.70. The van der Waals surface area contributed by atoms with E-state index in [1.807, 2.05) is 0 Å². The maximum atomic E-state index is 3.31. The minimum Gasteiger partial charge on any atom is -0.344 e. The molecular weight excluding hydrogens is 160 g/mol. The van der Waals surface area contributed by atoms with Crippen molar-refractivity contribution in [2.45, 2.75) is 6.92 Å². The van der Waals surface area contributed by atoms with Gasteiger partial charge in [-0.25, -0.2) is 0 Å². The molecule has 0 radical (unpaired) electrons. The molecule has 2 aromatic heterocycles. The van der Waals surface area contributed by atoms with Crippen molar-refractivity contribution in [1.29, 1.82) is 0 Å². The highest BCUT2D eigenvalue weighted by atomic mass is 15.0. The molecule has 1 N–H and O–H groups in total. The van der Waals surface area contributed by atoms with Crippen LogP contribution in [-0.2, 0) is 0 Å². The molecule has 2 heterocycles. The van der Waals surface area contributed by atoms with Gasteiger partial charge in [0.2, 0.25) is 0 Å². The maximum absolute atomic E-state index is 3.31. The number of hydrogen-bond donors (Lipinski definition) is 1. The van der Waals surface area contributed by atoms with Crippen LogP contribution in [0.1, 0.15) is 5.69 Å². The molecule has 0 atom stereocenters. The van der Waals surface area contributed by atoms with Crippen LogP contribution in [0.4, 0.5) is 0 Å². The first-order chi connectivity index (χ1) is 6.34. The lowest BCUT2D eigenvalue weighted by Crippen LogP contribution is -1.74. The van der Waals surface area contributed by atoms with Crippen LogP contribution in [-0.4, -0.2) is 9.38 Å². The largest absolute Gasteiger partial charge is 0.344 e. The van der Waals surface area contributed by atoms with Gasteiger partial charge in [-0.15, -0.1) is 0 Å². The van der Waals surface area contributed by atoms with Crippen molar-refractivity contribution >= 4 is 16.6 Å². The molecule has 0 spiro atoms. The summed E-state index contributed by atoms with van der Waals surface area (Å²) in [5.41, 5.74) is 3.63. The van der Waals surface area contributed by atoms with Crippen molar-refractivity contribution in [3.05, 3.63) is 42.2 Å². The van der Waals surface area contributed by atoms with Crippen molar-refractivity contribution in [3.8, 4) is 0 Å². The summed E-state index contributed by atoms with van der Waals surface area (Å²) in [6, 6.07) is 10.6. The molecule has 0 aliphatic heterocycles. The minimum absolute atomic E-state index is 1.17. The number of nitrogens with zero attached hydrogens (tertiary/aromatic N) is 1. The molecular formula is C11H10N2. The molecule has 0 amide bonds. The first-order valence-corrected chi connectivity index (χ1v) is 4.40. The number of aromatic nitrogens is 2. The van der Waals surface area contributed by atoms with E-state index < -0.39 is 0 Å². The van der Waals surface area contributed by atoms with E-state index in [-0.39, 0.29) is 0 Å². The van der Waals surface area contributed by atoms with Gasteiger partial charge >= 0.3 is 0 Å². The van der Waals surface area contributed by atoms with Gasteiger partial charge in [0.15, 0.2) is 0 Å². The molecule has 0 bridgehead atoms. The number of rotatable bonds is 0.